The molecule has 1 aliphatic carbocycles. The standard InChI is InChI=1S/C21H20ClN3O2/c1-13-9-10-17(15(22)11-13)24-20(26)12-25-19-8-3-2-6-18(19)23-16-7-4-5-14(16)21(25)27/h2-3,6,8-11,14H,4-5,7,12H2,1H3,(H,24,26)/t14-/m1/s1. The van der Waals surface area contributed by atoms with Crippen LogP contribution in [0.3, 0.4) is 0 Å². The van der Waals surface area contributed by atoms with Crippen LogP contribution in [0.25, 0.3) is 0 Å². The molecule has 6 heteroatoms. The second-order valence-corrected chi connectivity index (χ2v) is 7.40. The van der Waals surface area contributed by atoms with Gasteiger partial charge in [0, 0.05) is 5.71 Å². The van der Waals surface area contributed by atoms with E-state index in [0.29, 0.717) is 16.4 Å². The number of nitrogens with one attached hydrogen (secondary N) is 1. The molecule has 4 rings (SSSR count). The first-order chi connectivity index (χ1) is 13.0. The molecule has 0 spiro atoms. The first-order valence-electron chi connectivity index (χ1n) is 9.07. The van der Waals surface area contributed by atoms with E-state index in [0.717, 1.165) is 36.2 Å². The lowest BCUT2D eigenvalue weighted by Gasteiger charge is -2.24. The van der Waals surface area contributed by atoms with Crippen LogP contribution in [-0.4, -0.2) is 24.1 Å². The van der Waals surface area contributed by atoms with Crippen molar-refractivity contribution in [2.75, 3.05) is 16.8 Å². The largest absolute Gasteiger partial charge is 0.323 e. The Morgan fingerprint density at radius 3 is 2.93 bits per heavy atom. The number of amides is 2. The van der Waals surface area contributed by atoms with Crippen LogP contribution in [0.4, 0.5) is 17.1 Å². The van der Waals surface area contributed by atoms with Gasteiger partial charge in [-0.15, -0.1) is 0 Å². The summed E-state index contributed by atoms with van der Waals surface area (Å²) in [4.78, 5) is 32.1. The van der Waals surface area contributed by atoms with E-state index in [2.05, 4.69) is 5.32 Å². The van der Waals surface area contributed by atoms with E-state index in [9.17, 15) is 9.59 Å². The average Bonchev–Trinajstić information content (AvgIpc) is 3.06. The van der Waals surface area contributed by atoms with Crippen LogP contribution < -0.4 is 10.2 Å². The number of aryl methyl sites for hydroxylation is 1. The molecule has 0 aromatic heterocycles. The number of halogens is 1. The van der Waals surface area contributed by atoms with Crippen molar-refractivity contribution in [3.05, 3.63) is 53.1 Å². The lowest BCUT2D eigenvalue weighted by Crippen LogP contribution is -2.41. The van der Waals surface area contributed by atoms with Crippen LogP contribution in [0.1, 0.15) is 24.8 Å². The maximum atomic E-state index is 13.1. The van der Waals surface area contributed by atoms with Gasteiger partial charge < -0.3 is 10.2 Å². The minimum absolute atomic E-state index is 0.0543. The Morgan fingerprint density at radius 1 is 1.30 bits per heavy atom. The van der Waals surface area contributed by atoms with Crippen LogP contribution in [-0.2, 0) is 9.59 Å². The van der Waals surface area contributed by atoms with Crippen molar-refractivity contribution in [3.8, 4) is 0 Å². The zero-order valence-corrected chi connectivity index (χ0v) is 15.8. The molecule has 0 saturated heterocycles. The van der Waals surface area contributed by atoms with Gasteiger partial charge in [-0.05, 0) is 56.0 Å². The Labute approximate surface area is 163 Å². The maximum absolute atomic E-state index is 13.1. The van der Waals surface area contributed by atoms with Crippen LogP contribution in [0.15, 0.2) is 47.5 Å². The number of para-hydroxylation sites is 2. The van der Waals surface area contributed by atoms with E-state index < -0.39 is 0 Å². The summed E-state index contributed by atoms with van der Waals surface area (Å²) >= 11 is 6.21. The third-order valence-corrected chi connectivity index (χ3v) is 5.34. The molecule has 1 saturated carbocycles. The van der Waals surface area contributed by atoms with Gasteiger partial charge in [0.15, 0.2) is 0 Å². The normalized spacial score (nSPS) is 18.4. The van der Waals surface area contributed by atoms with E-state index in [-0.39, 0.29) is 24.3 Å². The lowest BCUT2D eigenvalue weighted by molar-refractivity contribution is -0.122. The second kappa shape index (κ2) is 7.16. The number of aliphatic imine (C=N–C) groups is 1. The van der Waals surface area contributed by atoms with Gasteiger partial charge in [-0.3, -0.25) is 14.6 Å². The summed E-state index contributed by atoms with van der Waals surface area (Å²) in [6.07, 6.45) is 2.58. The predicted octanol–water partition coefficient (Wildman–Crippen LogP) is 4.51. The quantitative estimate of drug-likeness (QED) is 0.850. The van der Waals surface area contributed by atoms with Crippen molar-refractivity contribution >= 4 is 46.2 Å². The predicted molar refractivity (Wildman–Crippen MR) is 108 cm³/mol. The molecule has 1 fully saturated rings. The molecule has 0 radical (unpaired) electrons. The van der Waals surface area contributed by atoms with E-state index in [1.807, 2.05) is 37.3 Å². The van der Waals surface area contributed by atoms with Gasteiger partial charge >= 0.3 is 0 Å². The lowest BCUT2D eigenvalue weighted by atomic mass is 10.1. The van der Waals surface area contributed by atoms with E-state index in [4.69, 9.17) is 16.6 Å². The molecule has 1 N–H and O–H groups in total. The van der Waals surface area contributed by atoms with Gasteiger partial charge in [0.05, 0.1) is 28.0 Å². The number of benzene rings is 2. The Hall–Kier alpha value is -2.66. The first kappa shape index (κ1) is 17.7. The number of nitrogens with zero attached hydrogens (tertiary/aromatic N) is 2. The molecule has 5 nitrogen and oxygen atoms in total. The highest BCUT2D eigenvalue weighted by Gasteiger charge is 2.37. The van der Waals surface area contributed by atoms with E-state index >= 15 is 0 Å². The van der Waals surface area contributed by atoms with Crippen LogP contribution in [0.2, 0.25) is 5.02 Å². The Balaban J connectivity index is 1.61. The van der Waals surface area contributed by atoms with Crippen molar-refractivity contribution in [1.29, 1.82) is 0 Å². The molecule has 1 atom stereocenters. The van der Waals surface area contributed by atoms with Crippen molar-refractivity contribution in [2.45, 2.75) is 26.2 Å². The molecule has 0 bridgehead atoms. The number of hydrogen-bond donors (Lipinski definition) is 1. The van der Waals surface area contributed by atoms with Crippen molar-refractivity contribution < 1.29 is 9.59 Å². The third-order valence-electron chi connectivity index (χ3n) is 5.03. The summed E-state index contributed by atoms with van der Waals surface area (Å²) in [7, 11) is 0. The minimum atomic E-state index is -0.287. The Morgan fingerprint density at radius 2 is 2.11 bits per heavy atom. The van der Waals surface area contributed by atoms with Gasteiger partial charge in [-0.25, -0.2) is 0 Å². The first-order valence-corrected chi connectivity index (χ1v) is 9.44. The molecule has 138 valence electrons. The second-order valence-electron chi connectivity index (χ2n) is 6.99. The highest BCUT2D eigenvalue weighted by atomic mass is 35.5. The van der Waals surface area contributed by atoms with Gasteiger partial charge in [-0.2, -0.15) is 0 Å². The molecule has 1 heterocycles. The fourth-order valence-corrected chi connectivity index (χ4v) is 3.98. The van der Waals surface area contributed by atoms with Crippen molar-refractivity contribution in [3.63, 3.8) is 0 Å². The Kier molecular flexibility index (Phi) is 4.70. The smallest absolute Gasteiger partial charge is 0.244 e. The zero-order chi connectivity index (χ0) is 19.0. The molecule has 27 heavy (non-hydrogen) atoms. The molecular weight excluding hydrogens is 362 g/mol. The molecule has 2 amide bonds. The average molecular weight is 382 g/mol. The number of rotatable bonds is 3. The summed E-state index contributed by atoms with van der Waals surface area (Å²) in [6, 6.07) is 12.9. The number of carbonyl (C=O) groups excluding carboxylic acids is 2. The van der Waals surface area contributed by atoms with Gasteiger partial charge in [0.1, 0.15) is 6.54 Å². The van der Waals surface area contributed by atoms with Crippen LogP contribution in [0, 0.1) is 12.8 Å². The SMILES string of the molecule is Cc1ccc(NC(=O)CN2C(=O)[C@@H]3CCCC3=Nc3ccccc32)c(Cl)c1. The summed E-state index contributed by atoms with van der Waals surface area (Å²) in [5, 5.41) is 3.29. The highest BCUT2D eigenvalue weighted by molar-refractivity contribution is 6.33. The van der Waals surface area contributed by atoms with Crippen molar-refractivity contribution in [1.82, 2.24) is 0 Å². The van der Waals surface area contributed by atoms with Crippen LogP contribution in [0.5, 0.6) is 0 Å². The van der Waals surface area contributed by atoms with Crippen molar-refractivity contribution in [2.24, 2.45) is 10.9 Å². The van der Waals surface area contributed by atoms with E-state index in [1.54, 1.807) is 17.0 Å². The summed E-state index contributed by atoms with van der Waals surface area (Å²) in [6.45, 7) is 1.86. The highest BCUT2D eigenvalue weighted by Crippen LogP contribution is 2.37. The minimum Gasteiger partial charge on any atom is -0.323 e. The molecular formula is C21H20ClN3O2. The molecule has 1 aliphatic heterocycles. The van der Waals surface area contributed by atoms with Gasteiger partial charge in [0.2, 0.25) is 11.8 Å². The summed E-state index contributed by atoms with van der Waals surface area (Å²) in [5.74, 6) is -0.570. The topological polar surface area (TPSA) is 61.8 Å². The fourth-order valence-electron chi connectivity index (χ4n) is 3.69. The number of anilines is 2. The number of carbonyl (C=O) groups is 2. The fraction of sp³-hybridized carbons (Fsp3) is 0.286. The Bertz CT molecular complexity index is 954. The maximum Gasteiger partial charge on any atom is 0.244 e. The van der Waals surface area contributed by atoms with Gasteiger partial charge in [-0.1, -0.05) is 29.8 Å². The monoisotopic (exact) mass is 381 g/mol. The molecule has 2 aliphatic rings. The summed E-state index contributed by atoms with van der Waals surface area (Å²) in [5.41, 5.74) is 3.90. The third kappa shape index (κ3) is 3.47. The van der Waals surface area contributed by atoms with Crippen LogP contribution >= 0.6 is 11.6 Å². The molecule has 2 aromatic rings. The number of fused-ring (bicyclic) bond motifs is 2. The van der Waals surface area contributed by atoms with E-state index in [1.165, 1.54) is 0 Å². The number of hydrogen-bond acceptors (Lipinski definition) is 3. The van der Waals surface area contributed by atoms with Gasteiger partial charge in [0.25, 0.3) is 0 Å². The summed E-state index contributed by atoms with van der Waals surface area (Å²) < 4.78 is 0. The molecule has 2 aromatic carbocycles. The molecule has 0 unspecified atom stereocenters. The zero-order valence-electron chi connectivity index (χ0n) is 15.0.